The molecule has 2 aromatic heterocycles. The molecule has 2 heterocycles. The van der Waals surface area contributed by atoms with E-state index in [0.29, 0.717) is 12.8 Å². The van der Waals surface area contributed by atoms with Crippen LogP contribution in [0.1, 0.15) is 45.7 Å². The van der Waals surface area contributed by atoms with Crippen LogP contribution in [0.5, 0.6) is 5.88 Å². The molecule has 0 saturated heterocycles. The van der Waals surface area contributed by atoms with Crippen LogP contribution < -0.4 is 4.74 Å². The summed E-state index contributed by atoms with van der Waals surface area (Å²) in [6, 6.07) is 14.6. The van der Waals surface area contributed by atoms with Gasteiger partial charge in [0, 0.05) is 35.6 Å². The topological polar surface area (TPSA) is 90.0 Å². The number of carbonyl (C=O) groups is 1. The van der Waals surface area contributed by atoms with E-state index < -0.39 is 41.3 Å². The van der Waals surface area contributed by atoms with Crippen molar-refractivity contribution < 1.29 is 36.2 Å². The number of benzene rings is 3. The van der Waals surface area contributed by atoms with Crippen molar-refractivity contribution in [2.75, 3.05) is 13.8 Å². The van der Waals surface area contributed by atoms with Crippen LogP contribution in [-0.2, 0) is 24.3 Å². The molecule has 0 unspecified atom stereocenters. The number of nitrogens with zero attached hydrogens (tertiary/aromatic N) is 4. The molecule has 0 spiro atoms. The molecule has 0 amide bonds. The molecule has 1 aliphatic carbocycles. The molecule has 0 N–H and O–H groups in total. The first-order chi connectivity index (χ1) is 22.1. The van der Waals surface area contributed by atoms with E-state index in [-0.39, 0.29) is 75.8 Å². The van der Waals surface area contributed by atoms with Crippen molar-refractivity contribution in [3.05, 3.63) is 112 Å². The lowest BCUT2D eigenvalue weighted by molar-refractivity contribution is 0.0600. The molecule has 1 fully saturated rings. The van der Waals surface area contributed by atoms with Gasteiger partial charge in [0.05, 0.1) is 42.2 Å². The molecular weight excluding hydrogens is 607 g/mol. The lowest BCUT2D eigenvalue weighted by Gasteiger charge is -2.16. The van der Waals surface area contributed by atoms with E-state index in [1.165, 1.54) is 36.4 Å². The van der Waals surface area contributed by atoms with E-state index in [1.807, 2.05) is 6.07 Å². The highest BCUT2D eigenvalue weighted by molar-refractivity contribution is 5.94. The largest absolute Gasteiger partial charge is 0.473 e. The summed E-state index contributed by atoms with van der Waals surface area (Å²) in [5.41, 5.74) is -0.459. The van der Waals surface area contributed by atoms with E-state index in [2.05, 4.69) is 9.97 Å². The molecule has 7 nitrogen and oxygen atoms in total. The highest BCUT2D eigenvalue weighted by atomic mass is 19.1. The predicted octanol–water partition coefficient (Wildman–Crippen LogP) is 7.23. The highest BCUT2D eigenvalue weighted by Gasteiger charge is 2.44. The maximum Gasteiger partial charge on any atom is 0.338 e. The average molecular weight is 633 g/mol. The molecule has 234 valence electrons. The molecular formula is C34H25F5N4O3. The summed E-state index contributed by atoms with van der Waals surface area (Å²) in [6.07, 6.45) is 0.940. The number of hydrogen-bond donors (Lipinski definition) is 0. The first-order valence-electron chi connectivity index (χ1n) is 14.2. The van der Waals surface area contributed by atoms with Crippen LogP contribution in [0.2, 0.25) is 0 Å². The van der Waals surface area contributed by atoms with E-state index in [1.54, 1.807) is 4.57 Å². The first kappa shape index (κ1) is 30.7. The quantitative estimate of drug-likeness (QED) is 0.119. The van der Waals surface area contributed by atoms with Gasteiger partial charge < -0.3 is 14.0 Å². The molecule has 6 rings (SSSR count). The number of rotatable bonds is 10. The summed E-state index contributed by atoms with van der Waals surface area (Å²) in [4.78, 5) is 20.8. The van der Waals surface area contributed by atoms with Crippen LogP contribution in [0.3, 0.4) is 0 Å². The van der Waals surface area contributed by atoms with Gasteiger partial charge in [0.2, 0.25) is 5.88 Å². The van der Waals surface area contributed by atoms with Crippen LogP contribution in [-0.4, -0.2) is 34.3 Å². The molecule has 46 heavy (non-hydrogen) atoms. The smallest absolute Gasteiger partial charge is 0.338 e. The maximum absolute atomic E-state index is 15.6. The Kier molecular flexibility index (Phi) is 8.17. The second-order valence-corrected chi connectivity index (χ2v) is 11.2. The molecule has 12 heteroatoms. The van der Waals surface area contributed by atoms with Crippen LogP contribution >= 0.6 is 0 Å². The van der Waals surface area contributed by atoms with E-state index in [0.717, 1.165) is 31.4 Å². The van der Waals surface area contributed by atoms with Crippen LogP contribution in [0.15, 0.2) is 60.7 Å². The van der Waals surface area contributed by atoms with Gasteiger partial charge in [-0.2, -0.15) is 5.26 Å². The average Bonchev–Trinajstić information content (AvgIpc) is 3.76. The number of halogens is 5. The molecule has 0 radical (unpaired) electrons. The van der Waals surface area contributed by atoms with Gasteiger partial charge >= 0.3 is 5.97 Å². The Morgan fingerprint density at radius 3 is 2.43 bits per heavy atom. The first-order valence-corrected chi connectivity index (χ1v) is 14.2. The van der Waals surface area contributed by atoms with Gasteiger partial charge in [-0.1, -0.05) is 12.1 Å². The SMILES string of the molecule is COC(=O)c1cc(F)c2nc(Cc3cc(F)c(-c4cccc(OCc5ccc(C#N)cc5F)n4)cc3F)n(CC3(CF)CC3)c2c1. The Bertz CT molecular complexity index is 2030. The number of imidazole rings is 1. The zero-order valence-electron chi connectivity index (χ0n) is 24.4. The number of alkyl halides is 1. The molecule has 3 aromatic carbocycles. The van der Waals surface area contributed by atoms with Crippen LogP contribution in [0.25, 0.3) is 22.3 Å². The summed E-state index contributed by atoms with van der Waals surface area (Å²) < 4.78 is 86.2. The standard InChI is InChI=1S/C34H25F5N4O3/c1-45-33(44)22-11-27(39)32-29(12-22)43(18-34(17-35)7-8-34)30(42-32)13-21-10-26(38)23(14-25(21)37)28-3-2-4-31(41-28)46-16-20-6-5-19(15-40)9-24(20)36/h2-6,9-12,14H,7-8,13,16-18H2,1H3. The summed E-state index contributed by atoms with van der Waals surface area (Å²) in [7, 11) is 1.16. The third-order valence-corrected chi connectivity index (χ3v) is 8.08. The number of esters is 1. The fourth-order valence-corrected chi connectivity index (χ4v) is 5.24. The minimum absolute atomic E-state index is 0.0362. The van der Waals surface area contributed by atoms with Gasteiger partial charge in [-0.25, -0.2) is 32.3 Å². The lowest BCUT2D eigenvalue weighted by Crippen LogP contribution is -2.16. The van der Waals surface area contributed by atoms with Crippen molar-refractivity contribution in [1.82, 2.24) is 14.5 Å². The summed E-state index contributed by atoms with van der Waals surface area (Å²) in [5.74, 6) is -3.58. The fourth-order valence-electron chi connectivity index (χ4n) is 5.24. The minimum Gasteiger partial charge on any atom is -0.473 e. The Morgan fingerprint density at radius 2 is 1.74 bits per heavy atom. The van der Waals surface area contributed by atoms with Gasteiger partial charge in [-0.3, -0.25) is 4.39 Å². The van der Waals surface area contributed by atoms with Gasteiger partial charge in [0.25, 0.3) is 0 Å². The molecule has 0 aliphatic heterocycles. The van der Waals surface area contributed by atoms with E-state index in [4.69, 9.17) is 14.7 Å². The number of hydrogen-bond acceptors (Lipinski definition) is 6. The normalized spacial score (nSPS) is 13.4. The number of carbonyl (C=O) groups excluding carboxylic acids is 1. The maximum atomic E-state index is 15.6. The third kappa shape index (κ3) is 6.00. The van der Waals surface area contributed by atoms with Crippen molar-refractivity contribution in [3.63, 3.8) is 0 Å². The summed E-state index contributed by atoms with van der Waals surface area (Å²) in [5, 5.41) is 8.91. The Hall–Kier alpha value is -5.31. The zero-order chi connectivity index (χ0) is 32.6. The molecule has 0 bridgehead atoms. The monoisotopic (exact) mass is 632 g/mol. The predicted molar refractivity (Wildman–Crippen MR) is 157 cm³/mol. The fraction of sp³-hybridized carbons (Fsp3) is 0.235. The third-order valence-electron chi connectivity index (χ3n) is 8.08. The van der Waals surface area contributed by atoms with Gasteiger partial charge in [0.15, 0.2) is 5.82 Å². The minimum atomic E-state index is -0.805. The highest BCUT2D eigenvalue weighted by Crippen LogP contribution is 2.48. The number of aromatic nitrogens is 3. The number of fused-ring (bicyclic) bond motifs is 1. The van der Waals surface area contributed by atoms with Crippen molar-refractivity contribution in [2.45, 2.75) is 32.4 Å². The van der Waals surface area contributed by atoms with E-state index >= 15 is 13.2 Å². The number of nitriles is 1. The van der Waals surface area contributed by atoms with Crippen LogP contribution in [0.4, 0.5) is 22.0 Å². The lowest BCUT2D eigenvalue weighted by atomic mass is 10.0. The molecule has 0 atom stereocenters. The van der Waals surface area contributed by atoms with Crippen molar-refractivity contribution in [2.24, 2.45) is 5.41 Å². The molecule has 5 aromatic rings. The number of methoxy groups -OCH3 is 1. The molecule has 1 aliphatic rings. The summed E-state index contributed by atoms with van der Waals surface area (Å²) in [6.45, 7) is -0.720. The Balaban J connectivity index is 1.30. The van der Waals surface area contributed by atoms with Crippen LogP contribution in [0, 0.1) is 40.0 Å². The van der Waals surface area contributed by atoms with Crippen molar-refractivity contribution >= 4 is 17.0 Å². The Morgan fingerprint density at radius 1 is 0.957 bits per heavy atom. The second-order valence-electron chi connectivity index (χ2n) is 11.2. The number of pyridine rings is 1. The van der Waals surface area contributed by atoms with Gasteiger partial charge in [-0.15, -0.1) is 0 Å². The summed E-state index contributed by atoms with van der Waals surface area (Å²) >= 11 is 0. The van der Waals surface area contributed by atoms with Gasteiger partial charge in [0.1, 0.15) is 35.4 Å². The Labute approximate surface area is 259 Å². The molecule has 1 saturated carbocycles. The second kappa shape index (κ2) is 12.2. The number of ether oxygens (including phenoxy) is 2. The van der Waals surface area contributed by atoms with Crippen molar-refractivity contribution in [1.29, 1.82) is 5.26 Å². The van der Waals surface area contributed by atoms with Crippen molar-refractivity contribution in [3.8, 4) is 23.2 Å². The zero-order valence-corrected chi connectivity index (χ0v) is 24.4. The van der Waals surface area contributed by atoms with Gasteiger partial charge in [-0.05, 0) is 60.9 Å². The van der Waals surface area contributed by atoms with E-state index in [9.17, 15) is 13.6 Å².